The Bertz CT molecular complexity index is 812. The van der Waals surface area contributed by atoms with Gasteiger partial charge in [0.05, 0.1) is 10.7 Å². The van der Waals surface area contributed by atoms with Gasteiger partial charge in [-0.15, -0.1) is 0 Å². The fourth-order valence-corrected chi connectivity index (χ4v) is 4.18. The molecule has 2 heterocycles. The van der Waals surface area contributed by atoms with E-state index in [1.54, 1.807) is 12.1 Å². The lowest BCUT2D eigenvalue weighted by molar-refractivity contribution is 0.0923. The molecule has 5 nitrogen and oxygen atoms in total. The van der Waals surface area contributed by atoms with Crippen LogP contribution in [-0.4, -0.2) is 34.8 Å². The normalized spacial score (nSPS) is 17.5. The molecule has 0 unspecified atom stereocenters. The standard InChI is InChI=1S/C18H20Cl2N4O/c19-11-4-5-16(14(20)10-11)24-15-3-1-2-13(15)17(23-24)18(25)22-12-6-8-21-9-7-12/h4-5,10,12,21H,1-3,6-9H2,(H,22,25). The Morgan fingerprint density at radius 3 is 2.80 bits per heavy atom. The predicted octanol–water partition coefficient (Wildman–Crippen LogP) is 3.15. The van der Waals surface area contributed by atoms with Gasteiger partial charge in [0, 0.05) is 22.3 Å². The van der Waals surface area contributed by atoms with Gasteiger partial charge < -0.3 is 10.6 Å². The summed E-state index contributed by atoms with van der Waals surface area (Å²) in [5.41, 5.74) is 3.44. The number of hydrogen-bond donors (Lipinski definition) is 2. The van der Waals surface area contributed by atoms with Crippen molar-refractivity contribution in [2.75, 3.05) is 13.1 Å². The van der Waals surface area contributed by atoms with Crippen molar-refractivity contribution in [3.8, 4) is 5.69 Å². The summed E-state index contributed by atoms with van der Waals surface area (Å²) >= 11 is 12.4. The van der Waals surface area contributed by atoms with Crippen LogP contribution in [0.5, 0.6) is 0 Å². The lowest BCUT2D eigenvalue weighted by Crippen LogP contribution is -2.43. The minimum Gasteiger partial charge on any atom is -0.348 e. The molecule has 1 amide bonds. The number of carbonyl (C=O) groups is 1. The number of carbonyl (C=O) groups excluding carboxylic acids is 1. The Morgan fingerprint density at radius 1 is 1.24 bits per heavy atom. The molecular weight excluding hydrogens is 359 g/mol. The van der Waals surface area contributed by atoms with Crippen LogP contribution in [0.4, 0.5) is 0 Å². The molecule has 2 aromatic rings. The number of benzene rings is 1. The molecule has 25 heavy (non-hydrogen) atoms. The molecule has 1 aromatic carbocycles. The second kappa shape index (κ2) is 6.98. The van der Waals surface area contributed by atoms with Gasteiger partial charge in [0.25, 0.3) is 5.91 Å². The molecule has 132 valence electrons. The minimum atomic E-state index is -0.0751. The SMILES string of the molecule is O=C(NC1CCNCC1)c1nn(-c2ccc(Cl)cc2Cl)c2c1CCC2. The third-order valence-corrected chi connectivity index (χ3v) is 5.50. The largest absolute Gasteiger partial charge is 0.348 e. The Labute approximate surface area is 156 Å². The van der Waals surface area contributed by atoms with E-state index in [0.29, 0.717) is 15.7 Å². The van der Waals surface area contributed by atoms with Gasteiger partial charge in [-0.25, -0.2) is 4.68 Å². The zero-order valence-corrected chi connectivity index (χ0v) is 15.3. The molecule has 0 spiro atoms. The summed E-state index contributed by atoms with van der Waals surface area (Å²) in [6.45, 7) is 1.88. The molecule has 4 rings (SSSR count). The molecule has 0 radical (unpaired) electrons. The second-order valence-corrected chi connectivity index (χ2v) is 7.48. The fraction of sp³-hybridized carbons (Fsp3) is 0.444. The van der Waals surface area contributed by atoms with Crippen LogP contribution in [0.25, 0.3) is 5.69 Å². The maximum absolute atomic E-state index is 12.8. The number of piperidine rings is 1. The van der Waals surface area contributed by atoms with Gasteiger partial charge in [-0.3, -0.25) is 4.79 Å². The highest BCUT2D eigenvalue weighted by atomic mass is 35.5. The highest BCUT2D eigenvalue weighted by Gasteiger charge is 2.28. The van der Waals surface area contributed by atoms with Gasteiger partial charge in [-0.1, -0.05) is 23.2 Å². The number of halogens is 2. The second-order valence-electron chi connectivity index (χ2n) is 6.63. The molecule has 1 aromatic heterocycles. The molecule has 7 heteroatoms. The first-order valence-electron chi connectivity index (χ1n) is 8.71. The van der Waals surface area contributed by atoms with E-state index in [2.05, 4.69) is 15.7 Å². The summed E-state index contributed by atoms with van der Waals surface area (Å²) in [5.74, 6) is -0.0751. The molecule has 0 atom stereocenters. The fourth-order valence-electron chi connectivity index (χ4n) is 3.69. The van der Waals surface area contributed by atoms with Crippen LogP contribution in [0.1, 0.15) is 41.0 Å². The molecule has 1 saturated heterocycles. The Kier molecular flexibility index (Phi) is 4.71. The average molecular weight is 379 g/mol. The van der Waals surface area contributed by atoms with Crippen LogP contribution >= 0.6 is 23.2 Å². The lowest BCUT2D eigenvalue weighted by atomic mass is 10.1. The quantitative estimate of drug-likeness (QED) is 0.862. The molecule has 2 N–H and O–H groups in total. The van der Waals surface area contributed by atoms with Crippen molar-refractivity contribution in [2.45, 2.75) is 38.1 Å². The average Bonchev–Trinajstić information content (AvgIpc) is 3.18. The molecule has 0 bridgehead atoms. The van der Waals surface area contributed by atoms with Gasteiger partial charge in [-0.05, 0) is 63.4 Å². The summed E-state index contributed by atoms with van der Waals surface area (Å²) in [7, 11) is 0. The van der Waals surface area contributed by atoms with Crippen LogP contribution in [0, 0.1) is 0 Å². The molecule has 0 saturated carbocycles. The number of rotatable bonds is 3. The molecular formula is C18H20Cl2N4O. The zero-order valence-electron chi connectivity index (χ0n) is 13.8. The number of nitrogens with zero attached hydrogens (tertiary/aromatic N) is 2. The highest BCUT2D eigenvalue weighted by Crippen LogP contribution is 2.31. The Balaban J connectivity index is 1.66. The van der Waals surface area contributed by atoms with Gasteiger partial charge >= 0.3 is 0 Å². The van der Waals surface area contributed by atoms with E-state index in [4.69, 9.17) is 23.2 Å². The van der Waals surface area contributed by atoms with Crippen LogP contribution in [0.3, 0.4) is 0 Å². The Hall–Kier alpha value is -1.56. The number of hydrogen-bond acceptors (Lipinski definition) is 3. The van der Waals surface area contributed by atoms with Crippen LogP contribution in [0.15, 0.2) is 18.2 Å². The van der Waals surface area contributed by atoms with Crippen molar-refractivity contribution in [1.29, 1.82) is 0 Å². The highest BCUT2D eigenvalue weighted by molar-refractivity contribution is 6.35. The zero-order chi connectivity index (χ0) is 17.4. The summed E-state index contributed by atoms with van der Waals surface area (Å²) in [6.07, 6.45) is 4.73. The summed E-state index contributed by atoms with van der Waals surface area (Å²) in [4.78, 5) is 12.8. The topological polar surface area (TPSA) is 59.0 Å². The van der Waals surface area contributed by atoms with E-state index in [0.717, 1.165) is 62.1 Å². The molecule has 1 fully saturated rings. The predicted molar refractivity (Wildman–Crippen MR) is 99.0 cm³/mol. The maximum atomic E-state index is 12.8. The van der Waals surface area contributed by atoms with Crippen molar-refractivity contribution < 1.29 is 4.79 Å². The van der Waals surface area contributed by atoms with Gasteiger partial charge in [0.15, 0.2) is 5.69 Å². The van der Waals surface area contributed by atoms with Gasteiger partial charge in [-0.2, -0.15) is 5.10 Å². The van der Waals surface area contributed by atoms with E-state index < -0.39 is 0 Å². The van der Waals surface area contributed by atoms with E-state index in [-0.39, 0.29) is 11.9 Å². The van der Waals surface area contributed by atoms with E-state index in [1.807, 2.05) is 10.7 Å². The van der Waals surface area contributed by atoms with E-state index in [1.165, 1.54) is 0 Å². The summed E-state index contributed by atoms with van der Waals surface area (Å²) in [5, 5.41) is 12.2. The van der Waals surface area contributed by atoms with Crippen molar-refractivity contribution >= 4 is 29.1 Å². The smallest absolute Gasteiger partial charge is 0.272 e. The monoisotopic (exact) mass is 378 g/mol. The first kappa shape index (κ1) is 16.9. The molecule has 1 aliphatic heterocycles. The third kappa shape index (κ3) is 3.28. The van der Waals surface area contributed by atoms with Crippen molar-refractivity contribution in [3.05, 3.63) is 45.2 Å². The van der Waals surface area contributed by atoms with Gasteiger partial charge in [0.1, 0.15) is 0 Å². The van der Waals surface area contributed by atoms with Crippen LogP contribution < -0.4 is 10.6 Å². The Morgan fingerprint density at radius 2 is 2.04 bits per heavy atom. The number of aromatic nitrogens is 2. The summed E-state index contributed by atoms with van der Waals surface area (Å²) < 4.78 is 1.82. The van der Waals surface area contributed by atoms with E-state index in [9.17, 15) is 4.79 Å². The maximum Gasteiger partial charge on any atom is 0.272 e. The van der Waals surface area contributed by atoms with Crippen molar-refractivity contribution in [3.63, 3.8) is 0 Å². The molecule has 2 aliphatic rings. The van der Waals surface area contributed by atoms with E-state index >= 15 is 0 Å². The number of nitrogens with one attached hydrogen (secondary N) is 2. The van der Waals surface area contributed by atoms with Crippen molar-refractivity contribution in [1.82, 2.24) is 20.4 Å². The van der Waals surface area contributed by atoms with Crippen LogP contribution in [0.2, 0.25) is 10.0 Å². The number of fused-ring (bicyclic) bond motifs is 1. The molecule has 1 aliphatic carbocycles. The lowest BCUT2D eigenvalue weighted by Gasteiger charge is -2.23. The third-order valence-electron chi connectivity index (χ3n) is 4.96. The summed E-state index contributed by atoms with van der Waals surface area (Å²) in [6, 6.07) is 5.57. The first-order valence-corrected chi connectivity index (χ1v) is 9.47. The minimum absolute atomic E-state index is 0.0751. The van der Waals surface area contributed by atoms with Crippen molar-refractivity contribution in [2.24, 2.45) is 0 Å². The van der Waals surface area contributed by atoms with Crippen LogP contribution in [-0.2, 0) is 12.8 Å². The van der Waals surface area contributed by atoms with Gasteiger partial charge in [0.2, 0.25) is 0 Å². The number of amides is 1. The first-order chi connectivity index (χ1) is 12.1.